The largest absolute Gasteiger partial charge is 0.385 e. The molecule has 1 rings (SSSR count). The Morgan fingerprint density at radius 2 is 1.80 bits per heavy atom. The van der Waals surface area contributed by atoms with Crippen molar-refractivity contribution in [1.29, 1.82) is 0 Å². The Balaban J connectivity index is 2.47. The number of hydrogen-bond acceptors (Lipinski definition) is 4. The Kier molecular flexibility index (Phi) is 8.02. The maximum Gasteiger partial charge on any atom is 0.240 e. The van der Waals surface area contributed by atoms with Gasteiger partial charge in [0.15, 0.2) is 0 Å². The van der Waals surface area contributed by atoms with E-state index in [1.165, 1.54) is 12.2 Å². The molecular weight excluding hydrogens is 292 g/mol. The fraction of sp³-hybridized carbons (Fsp3) is 0.571. The molecule has 0 aliphatic carbocycles. The van der Waals surface area contributed by atoms with Crippen molar-refractivity contribution in [3.05, 3.63) is 24.3 Å². The Labute approximate surface area is 126 Å². The third-order valence-electron chi connectivity index (χ3n) is 2.81. The highest BCUT2D eigenvalue weighted by Crippen LogP contribution is 2.14. The first-order valence-electron chi connectivity index (χ1n) is 6.92. The Bertz CT molecular complexity index is 472. The van der Waals surface area contributed by atoms with Gasteiger partial charge in [0.1, 0.15) is 0 Å². The molecule has 0 amide bonds. The molecule has 114 valence electrons. The molecule has 0 aliphatic rings. The molecule has 1 aromatic carbocycles. The van der Waals surface area contributed by atoms with Crippen LogP contribution in [0.4, 0.5) is 5.69 Å². The fourth-order valence-corrected chi connectivity index (χ4v) is 3.30. The van der Waals surface area contributed by atoms with Gasteiger partial charge < -0.3 is 5.32 Å². The van der Waals surface area contributed by atoms with Crippen LogP contribution in [-0.2, 0) is 10.0 Å². The van der Waals surface area contributed by atoms with Gasteiger partial charge in [0.05, 0.1) is 4.90 Å². The van der Waals surface area contributed by atoms with E-state index in [1.807, 2.05) is 30.8 Å². The monoisotopic (exact) mass is 316 g/mol. The van der Waals surface area contributed by atoms with Gasteiger partial charge in [-0.2, -0.15) is 11.8 Å². The van der Waals surface area contributed by atoms with Crippen molar-refractivity contribution in [3.8, 4) is 0 Å². The minimum Gasteiger partial charge on any atom is -0.385 e. The Hall–Kier alpha value is -0.720. The second-order valence-electron chi connectivity index (χ2n) is 4.55. The highest BCUT2D eigenvalue weighted by Gasteiger charge is 2.12. The van der Waals surface area contributed by atoms with E-state index in [0.717, 1.165) is 25.1 Å². The number of anilines is 1. The normalized spacial score (nSPS) is 11.5. The van der Waals surface area contributed by atoms with Gasteiger partial charge in [0, 0.05) is 18.8 Å². The van der Waals surface area contributed by atoms with Gasteiger partial charge >= 0.3 is 0 Å². The van der Waals surface area contributed by atoms with E-state index >= 15 is 0 Å². The molecule has 0 unspecified atom stereocenters. The smallest absolute Gasteiger partial charge is 0.240 e. The topological polar surface area (TPSA) is 58.2 Å². The first-order valence-corrected chi connectivity index (χ1v) is 9.80. The van der Waals surface area contributed by atoms with Crippen molar-refractivity contribution in [1.82, 2.24) is 4.72 Å². The van der Waals surface area contributed by atoms with Crippen molar-refractivity contribution in [2.24, 2.45) is 0 Å². The quantitative estimate of drug-likeness (QED) is 0.652. The number of nitrogens with one attached hydrogen (secondary N) is 2. The zero-order valence-corrected chi connectivity index (χ0v) is 13.8. The van der Waals surface area contributed by atoms with Crippen LogP contribution in [0.25, 0.3) is 0 Å². The summed E-state index contributed by atoms with van der Waals surface area (Å²) in [6.07, 6.45) is 5.22. The van der Waals surface area contributed by atoms with E-state index in [0.29, 0.717) is 11.4 Å². The predicted molar refractivity (Wildman–Crippen MR) is 88.0 cm³/mol. The first kappa shape index (κ1) is 17.3. The van der Waals surface area contributed by atoms with E-state index in [1.54, 1.807) is 12.1 Å². The molecular formula is C14H24N2O2S2. The van der Waals surface area contributed by atoms with E-state index in [4.69, 9.17) is 0 Å². The molecule has 0 saturated heterocycles. The van der Waals surface area contributed by atoms with Gasteiger partial charge in [-0.15, -0.1) is 0 Å². The standard InChI is InChI=1S/C14H24N2O2S2/c1-3-10-16-20(17,18)14-8-6-13(7-9-14)15-11-4-5-12-19-2/h6-9,15-16H,3-5,10-12H2,1-2H3. The van der Waals surface area contributed by atoms with Crippen LogP contribution in [0, 0.1) is 0 Å². The van der Waals surface area contributed by atoms with Crippen LogP contribution < -0.4 is 10.0 Å². The molecule has 0 aromatic heterocycles. The highest BCUT2D eigenvalue weighted by atomic mass is 32.2. The molecule has 0 saturated carbocycles. The van der Waals surface area contributed by atoms with Gasteiger partial charge in [0.25, 0.3) is 0 Å². The first-order chi connectivity index (χ1) is 9.60. The summed E-state index contributed by atoms with van der Waals surface area (Å²) >= 11 is 1.86. The fourth-order valence-electron chi connectivity index (χ4n) is 1.68. The number of sulfonamides is 1. The van der Waals surface area contributed by atoms with Crippen LogP contribution in [0.3, 0.4) is 0 Å². The summed E-state index contributed by atoms with van der Waals surface area (Å²) in [6.45, 7) is 3.32. The molecule has 2 N–H and O–H groups in total. The van der Waals surface area contributed by atoms with Gasteiger partial charge in [-0.25, -0.2) is 13.1 Å². The van der Waals surface area contributed by atoms with E-state index in [9.17, 15) is 8.42 Å². The van der Waals surface area contributed by atoms with Gasteiger partial charge in [-0.3, -0.25) is 0 Å². The van der Waals surface area contributed by atoms with Crippen molar-refractivity contribution >= 4 is 27.5 Å². The SMILES string of the molecule is CCCNS(=O)(=O)c1ccc(NCCCCSC)cc1. The molecule has 0 atom stereocenters. The molecule has 0 fully saturated rings. The molecule has 0 heterocycles. The molecule has 0 radical (unpaired) electrons. The van der Waals surface area contributed by atoms with Crippen LogP contribution in [0.5, 0.6) is 0 Å². The number of rotatable bonds is 10. The summed E-state index contributed by atoms with van der Waals surface area (Å²) < 4.78 is 26.4. The van der Waals surface area contributed by atoms with Crippen LogP contribution in [0.2, 0.25) is 0 Å². The maximum absolute atomic E-state index is 11.9. The van der Waals surface area contributed by atoms with Crippen LogP contribution >= 0.6 is 11.8 Å². The minimum atomic E-state index is -3.35. The lowest BCUT2D eigenvalue weighted by atomic mass is 10.3. The zero-order chi connectivity index (χ0) is 14.8. The molecule has 0 bridgehead atoms. The van der Waals surface area contributed by atoms with Crippen LogP contribution in [0.15, 0.2) is 29.2 Å². The second-order valence-corrected chi connectivity index (χ2v) is 7.30. The van der Waals surface area contributed by atoms with Gasteiger partial charge in [-0.1, -0.05) is 6.92 Å². The van der Waals surface area contributed by atoms with E-state index in [-0.39, 0.29) is 0 Å². The third-order valence-corrected chi connectivity index (χ3v) is 4.98. The summed E-state index contributed by atoms with van der Waals surface area (Å²) in [5.41, 5.74) is 0.962. The summed E-state index contributed by atoms with van der Waals surface area (Å²) in [6, 6.07) is 6.91. The van der Waals surface area contributed by atoms with E-state index < -0.39 is 10.0 Å². The molecule has 6 heteroatoms. The summed E-state index contributed by atoms with van der Waals surface area (Å²) in [4.78, 5) is 0.318. The number of thioether (sulfide) groups is 1. The van der Waals surface area contributed by atoms with Crippen LogP contribution in [0.1, 0.15) is 26.2 Å². The Morgan fingerprint density at radius 3 is 2.40 bits per heavy atom. The zero-order valence-electron chi connectivity index (χ0n) is 12.2. The predicted octanol–water partition coefficient (Wildman–Crippen LogP) is 2.93. The molecule has 1 aromatic rings. The lowest BCUT2D eigenvalue weighted by Gasteiger charge is -2.08. The van der Waals surface area contributed by atoms with E-state index in [2.05, 4.69) is 16.3 Å². The molecule has 20 heavy (non-hydrogen) atoms. The highest BCUT2D eigenvalue weighted by molar-refractivity contribution is 7.98. The van der Waals surface area contributed by atoms with Crippen molar-refractivity contribution in [3.63, 3.8) is 0 Å². The number of benzene rings is 1. The van der Waals surface area contributed by atoms with Gasteiger partial charge in [-0.05, 0) is 55.5 Å². The summed E-state index contributed by atoms with van der Waals surface area (Å²) in [5.74, 6) is 1.18. The van der Waals surface area contributed by atoms with Crippen molar-refractivity contribution < 1.29 is 8.42 Å². The lowest BCUT2D eigenvalue weighted by molar-refractivity contribution is 0.581. The summed E-state index contributed by atoms with van der Waals surface area (Å²) in [7, 11) is -3.35. The van der Waals surface area contributed by atoms with Gasteiger partial charge in [0.2, 0.25) is 10.0 Å². The minimum absolute atomic E-state index is 0.318. The molecule has 4 nitrogen and oxygen atoms in total. The van der Waals surface area contributed by atoms with Crippen molar-refractivity contribution in [2.45, 2.75) is 31.1 Å². The number of unbranched alkanes of at least 4 members (excludes halogenated alkanes) is 1. The Morgan fingerprint density at radius 1 is 1.10 bits per heavy atom. The maximum atomic E-state index is 11.9. The second kappa shape index (κ2) is 9.26. The van der Waals surface area contributed by atoms with Crippen LogP contribution in [-0.4, -0.2) is 33.5 Å². The average molecular weight is 316 g/mol. The lowest BCUT2D eigenvalue weighted by Crippen LogP contribution is -2.24. The third kappa shape index (κ3) is 6.15. The summed E-state index contributed by atoms with van der Waals surface area (Å²) in [5, 5.41) is 3.30. The molecule has 0 aliphatic heterocycles. The number of hydrogen-bond donors (Lipinski definition) is 2. The molecule has 0 spiro atoms. The average Bonchev–Trinajstić information content (AvgIpc) is 2.45. The van der Waals surface area contributed by atoms with Crippen molar-refractivity contribution in [2.75, 3.05) is 30.4 Å².